The molecule has 34 heavy (non-hydrogen) atoms. The summed E-state index contributed by atoms with van der Waals surface area (Å²) in [4.78, 5) is 29.4. The lowest BCUT2D eigenvalue weighted by Crippen LogP contribution is -2.53. The zero-order valence-electron chi connectivity index (χ0n) is 19.8. The number of aliphatic hydroxyl groups excluding tert-OH is 1. The molecule has 12 heteroatoms. The van der Waals surface area contributed by atoms with Gasteiger partial charge in [-0.3, -0.25) is 19.7 Å². The molecule has 0 radical (unpaired) electrons. The Bertz CT molecular complexity index is 970. The molecule has 3 atom stereocenters. The first-order chi connectivity index (χ1) is 16.1. The summed E-state index contributed by atoms with van der Waals surface area (Å²) < 4.78 is 33.2. The number of methoxy groups -OCH3 is 1. The summed E-state index contributed by atoms with van der Waals surface area (Å²) in [7, 11) is -2.70. The minimum atomic E-state index is -4.17. The van der Waals surface area contributed by atoms with E-state index in [2.05, 4.69) is 4.90 Å². The van der Waals surface area contributed by atoms with Crippen LogP contribution in [0.25, 0.3) is 0 Å². The molecule has 2 heterocycles. The van der Waals surface area contributed by atoms with Crippen molar-refractivity contribution in [1.29, 1.82) is 0 Å². The van der Waals surface area contributed by atoms with Gasteiger partial charge < -0.3 is 14.7 Å². The molecule has 1 aromatic carbocycles. The number of carbonyl (C=O) groups excluding carboxylic acids is 2. The quantitative estimate of drug-likeness (QED) is 0.284. The Morgan fingerprint density at radius 1 is 1.21 bits per heavy atom. The summed E-state index contributed by atoms with van der Waals surface area (Å²) in [5.74, 6) is -1.03. The van der Waals surface area contributed by atoms with E-state index in [1.165, 1.54) is 31.4 Å². The normalized spacial score (nSPS) is 21.3. The Morgan fingerprint density at radius 2 is 1.88 bits per heavy atom. The Morgan fingerprint density at radius 3 is 2.38 bits per heavy atom. The summed E-state index contributed by atoms with van der Waals surface area (Å²) in [6.45, 7) is 5.01. The van der Waals surface area contributed by atoms with Gasteiger partial charge in [-0.1, -0.05) is 13.8 Å². The highest BCUT2D eigenvalue weighted by Gasteiger charge is 2.45. The molecule has 11 nitrogen and oxygen atoms in total. The molecule has 3 rings (SSSR count). The molecule has 2 aliphatic heterocycles. The lowest BCUT2D eigenvalue weighted by Gasteiger charge is -2.35. The number of amides is 2. The molecule has 2 aliphatic rings. The van der Waals surface area contributed by atoms with Gasteiger partial charge in [0.25, 0.3) is 5.91 Å². The first kappa shape index (κ1) is 26.4. The topological polar surface area (TPSA) is 140 Å². The number of carbonyl (C=O) groups is 2. The number of ether oxygens (including phenoxy) is 1. The average molecular weight is 499 g/mol. The van der Waals surface area contributed by atoms with Crippen LogP contribution in [0.1, 0.15) is 26.7 Å². The summed E-state index contributed by atoms with van der Waals surface area (Å²) in [5, 5.41) is 18.5. The van der Waals surface area contributed by atoms with Crippen molar-refractivity contribution < 1.29 is 33.1 Å². The van der Waals surface area contributed by atoms with Crippen LogP contribution in [0.5, 0.6) is 5.75 Å². The van der Waals surface area contributed by atoms with Crippen molar-refractivity contribution in [2.24, 2.45) is 5.92 Å². The van der Waals surface area contributed by atoms with E-state index in [1.807, 2.05) is 0 Å². The molecule has 0 aromatic heterocycles. The van der Waals surface area contributed by atoms with E-state index in [0.717, 1.165) is 10.7 Å². The monoisotopic (exact) mass is 498 g/mol. The molecule has 0 spiro atoms. The van der Waals surface area contributed by atoms with Crippen molar-refractivity contribution in [3.63, 3.8) is 0 Å². The molecule has 3 unspecified atom stereocenters. The summed E-state index contributed by atoms with van der Waals surface area (Å²) >= 11 is 0. The number of likely N-dealkylation sites (tertiary alicyclic amines) is 2. The second kappa shape index (κ2) is 11.0. The fourth-order valence-corrected chi connectivity index (χ4v) is 6.65. The summed E-state index contributed by atoms with van der Waals surface area (Å²) in [5.41, 5.74) is 1.56. The van der Waals surface area contributed by atoms with Gasteiger partial charge in [-0.25, -0.2) is 13.9 Å². The van der Waals surface area contributed by atoms with Crippen LogP contribution in [0.3, 0.4) is 0 Å². The number of β-amino-alcohol motifs (C(OH)–C–C–N with tert-alkyl or cyclic N) is 1. The standard InChI is InChI=1S/C22H34N4O7S/c1-15(2)21(22(29)23-30)26(34(31,32)19-6-4-18(33-3)5-7-19)9-8-20(28)25-14-16-12-17(25)13-24(16)10-11-27/h4-7,15-17,21,27,30H,8-14H2,1-3H3,(H,23,29). The minimum absolute atomic E-state index is 0.0392. The van der Waals surface area contributed by atoms with Gasteiger partial charge in [-0.05, 0) is 36.6 Å². The van der Waals surface area contributed by atoms with Crippen molar-refractivity contribution >= 4 is 21.8 Å². The third-order valence-corrected chi connectivity index (χ3v) is 8.49. The number of hydroxylamine groups is 1. The van der Waals surface area contributed by atoms with Crippen molar-refractivity contribution in [3.8, 4) is 5.75 Å². The number of nitrogens with zero attached hydrogens (tertiary/aromatic N) is 3. The van der Waals surface area contributed by atoms with Crippen LogP contribution >= 0.6 is 0 Å². The van der Waals surface area contributed by atoms with Crippen molar-refractivity contribution in [3.05, 3.63) is 24.3 Å². The number of hydrogen-bond acceptors (Lipinski definition) is 8. The Kier molecular flexibility index (Phi) is 8.52. The third kappa shape index (κ3) is 5.36. The van der Waals surface area contributed by atoms with E-state index in [-0.39, 0.29) is 42.5 Å². The number of rotatable bonds is 11. The van der Waals surface area contributed by atoms with Gasteiger partial charge in [0.15, 0.2) is 0 Å². The van der Waals surface area contributed by atoms with E-state index in [1.54, 1.807) is 24.2 Å². The van der Waals surface area contributed by atoms with E-state index in [4.69, 9.17) is 4.74 Å². The molecule has 0 aliphatic carbocycles. The second-order valence-electron chi connectivity index (χ2n) is 9.01. The van der Waals surface area contributed by atoms with Gasteiger partial charge in [0, 0.05) is 44.7 Å². The number of fused-ring (bicyclic) bond motifs is 2. The highest BCUT2D eigenvalue weighted by Crippen LogP contribution is 2.31. The van der Waals surface area contributed by atoms with Gasteiger partial charge in [0.05, 0.1) is 18.6 Å². The second-order valence-corrected chi connectivity index (χ2v) is 10.9. The maximum Gasteiger partial charge on any atom is 0.262 e. The molecule has 2 fully saturated rings. The molecule has 2 amide bonds. The first-order valence-corrected chi connectivity index (χ1v) is 12.8. The summed E-state index contributed by atoms with van der Waals surface area (Å²) in [6.07, 6.45) is 0.738. The molecule has 190 valence electrons. The Balaban J connectivity index is 1.80. The zero-order chi connectivity index (χ0) is 25.0. The highest BCUT2D eigenvalue weighted by molar-refractivity contribution is 7.89. The van der Waals surface area contributed by atoms with Crippen molar-refractivity contribution in [2.45, 2.75) is 49.7 Å². The SMILES string of the molecule is COc1ccc(S(=O)(=O)N(CCC(=O)N2CC3CC2CN3CCO)C(C(=O)NO)C(C)C)cc1. The van der Waals surface area contributed by atoms with Gasteiger partial charge in [0.1, 0.15) is 11.8 Å². The van der Waals surface area contributed by atoms with E-state index in [0.29, 0.717) is 25.4 Å². The van der Waals surface area contributed by atoms with Crippen LogP contribution in [0.2, 0.25) is 0 Å². The van der Waals surface area contributed by atoms with Crippen LogP contribution in [0, 0.1) is 5.92 Å². The molecular formula is C22H34N4O7S. The zero-order valence-corrected chi connectivity index (χ0v) is 20.6. The third-order valence-electron chi connectivity index (χ3n) is 6.59. The minimum Gasteiger partial charge on any atom is -0.497 e. The van der Waals surface area contributed by atoms with Crippen molar-refractivity contribution in [1.82, 2.24) is 19.6 Å². The van der Waals surface area contributed by atoms with Crippen LogP contribution in [-0.4, -0.2) is 103 Å². The predicted octanol–water partition coefficient (Wildman–Crippen LogP) is -0.117. The molecule has 3 N–H and O–H groups in total. The van der Waals surface area contributed by atoms with Crippen molar-refractivity contribution in [2.75, 3.05) is 39.9 Å². The molecule has 2 bridgehead atoms. The molecule has 2 saturated heterocycles. The van der Waals surface area contributed by atoms with Crippen LogP contribution < -0.4 is 10.2 Å². The lowest BCUT2D eigenvalue weighted by atomic mass is 10.0. The molecular weight excluding hydrogens is 464 g/mol. The van der Waals surface area contributed by atoms with Crippen LogP contribution in [0.4, 0.5) is 0 Å². The average Bonchev–Trinajstić information content (AvgIpc) is 3.41. The molecule has 0 saturated carbocycles. The van der Waals surface area contributed by atoms with Gasteiger partial charge >= 0.3 is 0 Å². The number of piperazine rings is 1. The smallest absolute Gasteiger partial charge is 0.262 e. The van der Waals surface area contributed by atoms with Gasteiger partial charge in [0.2, 0.25) is 15.9 Å². The molecule has 1 aromatic rings. The number of benzene rings is 1. The fraction of sp³-hybridized carbons (Fsp3) is 0.636. The van der Waals surface area contributed by atoms with Crippen LogP contribution in [-0.2, 0) is 19.6 Å². The number of aliphatic hydroxyl groups is 1. The van der Waals surface area contributed by atoms with E-state index >= 15 is 0 Å². The van der Waals surface area contributed by atoms with Crippen LogP contribution in [0.15, 0.2) is 29.2 Å². The maximum absolute atomic E-state index is 13.5. The lowest BCUT2D eigenvalue weighted by molar-refractivity contribution is -0.137. The maximum atomic E-state index is 13.5. The highest BCUT2D eigenvalue weighted by atomic mass is 32.2. The number of hydrogen-bond donors (Lipinski definition) is 3. The fourth-order valence-electron chi connectivity index (χ4n) is 4.93. The Labute approximate surface area is 200 Å². The number of nitrogens with one attached hydrogen (secondary N) is 1. The largest absolute Gasteiger partial charge is 0.497 e. The van der Waals surface area contributed by atoms with Gasteiger partial charge in [-0.15, -0.1) is 0 Å². The Hall–Kier alpha value is -2.25. The van der Waals surface area contributed by atoms with Gasteiger partial charge in [-0.2, -0.15) is 4.31 Å². The predicted molar refractivity (Wildman–Crippen MR) is 123 cm³/mol. The summed E-state index contributed by atoms with van der Waals surface area (Å²) in [6, 6.07) is 4.80. The van der Waals surface area contributed by atoms with E-state index < -0.39 is 27.9 Å². The first-order valence-electron chi connectivity index (χ1n) is 11.4. The van der Waals surface area contributed by atoms with E-state index in [9.17, 15) is 28.3 Å². The number of sulfonamides is 1.